The van der Waals surface area contributed by atoms with E-state index in [0.717, 1.165) is 0 Å². The highest BCUT2D eigenvalue weighted by Crippen LogP contribution is 2.20. The van der Waals surface area contributed by atoms with Crippen molar-refractivity contribution in [2.75, 3.05) is 32.4 Å². The van der Waals surface area contributed by atoms with Crippen molar-refractivity contribution in [3.05, 3.63) is 0 Å². The molecular formula is C14H32NO3S+. The summed E-state index contributed by atoms with van der Waals surface area (Å²) in [4.78, 5) is 0. The van der Waals surface area contributed by atoms with Crippen LogP contribution in [0.15, 0.2) is 0 Å². The van der Waals surface area contributed by atoms with Crippen molar-refractivity contribution in [3.63, 3.8) is 0 Å². The minimum atomic E-state index is -3.67. The van der Waals surface area contributed by atoms with Gasteiger partial charge in [0.2, 0.25) is 0 Å². The second-order valence-electron chi connectivity index (χ2n) is 5.74. The van der Waals surface area contributed by atoms with Gasteiger partial charge in [-0.05, 0) is 38.5 Å². The van der Waals surface area contributed by atoms with Gasteiger partial charge in [0.1, 0.15) is 0 Å². The molecule has 0 saturated carbocycles. The molecule has 116 valence electrons. The summed E-state index contributed by atoms with van der Waals surface area (Å²) >= 11 is 0. The molecule has 1 heterocycles. The number of quaternary nitrogens is 1. The fourth-order valence-corrected chi connectivity index (χ4v) is 2.91. The molecule has 1 aliphatic heterocycles. The second-order valence-corrected chi connectivity index (χ2v) is 7.20. The highest BCUT2D eigenvalue weighted by Gasteiger charge is 2.27. The van der Waals surface area contributed by atoms with Crippen LogP contribution in [-0.4, -0.2) is 49.9 Å². The first-order chi connectivity index (χ1) is 8.83. The molecule has 0 aromatic heterocycles. The van der Waals surface area contributed by atoms with Crippen molar-refractivity contribution in [2.45, 2.75) is 58.8 Å². The molecule has 1 rings (SSSR count). The Morgan fingerprint density at radius 1 is 0.947 bits per heavy atom. The van der Waals surface area contributed by atoms with Gasteiger partial charge < -0.3 is 4.48 Å². The van der Waals surface area contributed by atoms with E-state index in [-0.39, 0.29) is 0 Å². The fourth-order valence-electron chi connectivity index (χ4n) is 2.91. The zero-order valence-electron chi connectivity index (χ0n) is 12.9. The van der Waals surface area contributed by atoms with Gasteiger partial charge in [-0.25, -0.2) is 0 Å². The van der Waals surface area contributed by atoms with Gasteiger partial charge in [0.05, 0.1) is 32.4 Å². The third-order valence-electron chi connectivity index (χ3n) is 3.70. The topological polar surface area (TPSA) is 54.4 Å². The van der Waals surface area contributed by atoms with Crippen LogP contribution in [0.5, 0.6) is 0 Å². The zero-order valence-corrected chi connectivity index (χ0v) is 13.7. The SMILES string of the molecule is CCCCC[N+]1(CCC)CCCCC1.CS(=O)(=O)O. The minimum Gasteiger partial charge on any atom is -0.324 e. The molecule has 19 heavy (non-hydrogen) atoms. The Labute approximate surface area is 119 Å². The number of likely N-dealkylation sites (tertiary alicyclic amines) is 1. The van der Waals surface area contributed by atoms with E-state index in [2.05, 4.69) is 13.8 Å². The van der Waals surface area contributed by atoms with E-state index in [1.54, 1.807) is 0 Å². The second kappa shape index (κ2) is 9.72. The molecule has 0 aliphatic carbocycles. The van der Waals surface area contributed by atoms with E-state index in [9.17, 15) is 8.42 Å². The lowest BCUT2D eigenvalue weighted by Crippen LogP contribution is -2.52. The molecule has 1 fully saturated rings. The largest absolute Gasteiger partial charge is 0.324 e. The Hall–Kier alpha value is -0.130. The van der Waals surface area contributed by atoms with Gasteiger partial charge in [0.25, 0.3) is 10.1 Å². The standard InChI is InChI=1S/C13H28N.CH4O3S/c1-3-5-7-11-14(10-4-2)12-8-6-9-13-14;1-5(2,3)4/h3-13H2,1-2H3;1H3,(H,2,3,4)/q+1;. The Balaban J connectivity index is 0.000000555. The predicted octanol–water partition coefficient (Wildman–Crippen LogP) is 3.09. The van der Waals surface area contributed by atoms with Crippen LogP contribution < -0.4 is 0 Å². The highest BCUT2D eigenvalue weighted by molar-refractivity contribution is 7.85. The summed E-state index contributed by atoms with van der Waals surface area (Å²) in [6, 6.07) is 0. The Morgan fingerprint density at radius 2 is 1.47 bits per heavy atom. The molecule has 0 atom stereocenters. The van der Waals surface area contributed by atoms with Gasteiger partial charge in [-0.3, -0.25) is 4.55 Å². The highest BCUT2D eigenvalue weighted by atomic mass is 32.2. The van der Waals surface area contributed by atoms with Crippen LogP contribution >= 0.6 is 0 Å². The summed E-state index contributed by atoms with van der Waals surface area (Å²) in [7, 11) is -3.67. The minimum absolute atomic E-state index is 0.715. The van der Waals surface area contributed by atoms with Gasteiger partial charge in [0.15, 0.2) is 0 Å². The molecule has 0 aromatic carbocycles. The first-order valence-electron chi connectivity index (χ1n) is 7.60. The van der Waals surface area contributed by atoms with Gasteiger partial charge in [-0.1, -0.05) is 20.3 Å². The summed E-state index contributed by atoms with van der Waals surface area (Å²) in [5.41, 5.74) is 0. The van der Waals surface area contributed by atoms with Crippen molar-refractivity contribution < 1.29 is 17.5 Å². The predicted molar refractivity (Wildman–Crippen MR) is 80.9 cm³/mol. The van der Waals surface area contributed by atoms with Gasteiger partial charge >= 0.3 is 0 Å². The summed E-state index contributed by atoms with van der Waals surface area (Å²) in [6.45, 7) is 10.5. The van der Waals surface area contributed by atoms with E-state index in [4.69, 9.17) is 4.55 Å². The van der Waals surface area contributed by atoms with Crippen LogP contribution in [-0.2, 0) is 10.1 Å². The number of unbranched alkanes of at least 4 members (excludes halogenated alkanes) is 2. The molecule has 0 radical (unpaired) electrons. The number of piperidine rings is 1. The van der Waals surface area contributed by atoms with Gasteiger partial charge in [-0.2, -0.15) is 8.42 Å². The molecule has 4 nitrogen and oxygen atoms in total. The van der Waals surface area contributed by atoms with Crippen LogP contribution in [0.25, 0.3) is 0 Å². The summed E-state index contributed by atoms with van der Waals surface area (Å²) in [5.74, 6) is 0. The first-order valence-corrected chi connectivity index (χ1v) is 9.45. The Morgan fingerprint density at radius 3 is 1.89 bits per heavy atom. The van der Waals surface area contributed by atoms with Crippen LogP contribution in [0.3, 0.4) is 0 Å². The number of nitrogens with zero attached hydrogens (tertiary/aromatic N) is 1. The molecular weight excluding hydrogens is 262 g/mol. The van der Waals surface area contributed by atoms with E-state index in [0.29, 0.717) is 6.26 Å². The lowest BCUT2D eigenvalue weighted by molar-refractivity contribution is -0.932. The molecule has 0 spiro atoms. The molecule has 0 bridgehead atoms. The lowest BCUT2D eigenvalue weighted by atomic mass is 10.1. The summed E-state index contributed by atoms with van der Waals surface area (Å²) < 4.78 is 27.3. The number of hydrogen-bond acceptors (Lipinski definition) is 2. The number of rotatable bonds is 6. The molecule has 1 N–H and O–H groups in total. The molecule has 0 unspecified atom stereocenters. The van der Waals surface area contributed by atoms with Crippen LogP contribution in [0.2, 0.25) is 0 Å². The quantitative estimate of drug-likeness (QED) is 0.465. The molecule has 0 amide bonds. The van der Waals surface area contributed by atoms with E-state index in [1.807, 2.05) is 0 Å². The fraction of sp³-hybridized carbons (Fsp3) is 1.00. The first kappa shape index (κ1) is 18.9. The summed E-state index contributed by atoms with van der Waals surface area (Å²) in [6.07, 6.45) is 10.8. The van der Waals surface area contributed by atoms with Gasteiger partial charge in [0, 0.05) is 0 Å². The smallest absolute Gasteiger partial charge is 0.261 e. The van der Waals surface area contributed by atoms with Crippen LogP contribution in [0.1, 0.15) is 58.8 Å². The van der Waals surface area contributed by atoms with Crippen LogP contribution in [0.4, 0.5) is 0 Å². The van der Waals surface area contributed by atoms with Gasteiger partial charge in [-0.15, -0.1) is 0 Å². The van der Waals surface area contributed by atoms with E-state index >= 15 is 0 Å². The van der Waals surface area contributed by atoms with E-state index in [1.165, 1.54) is 75.6 Å². The average molecular weight is 294 g/mol. The number of hydrogen-bond donors (Lipinski definition) is 1. The lowest BCUT2D eigenvalue weighted by Gasteiger charge is -2.41. The van der Waals surface area contributed by atoms with Crippen molar-refractivity contribution in [1.82, 2.24) is 0 Å². The third-order valence-corrected chi connectivity index (χ3v) is 3.70. The van der Waals surface area contributed by atoms with Crippen molar-refractivity contribution in [1.29, 1.82) is 0 Å². The van der Waals surface area contributed by atoms with Crippen molar-refractivity contribution in [3.8, 4) is 0 Å². The van der Waals surface area contributed by atoms with E-state index < -0.39 is 10.1 Å². The Kier molecular flexibility index (Phi) is 9.66. The summed E-state index contributed by atoms with van der Waals surface area (Å²) in [5, 5.41) is 0. The maximum atomic E-state index is 9.19. The molecule has 0 aromatic rings. The van der Waals surface area contributed by atoms with Crippen LogP contribution in [0, 0.1) is 0 Å². The average Bonchev–Trinajstić information content (AvgIpc) is 2.29. The molecule has 5 heteroatoms. The normalized spacial score (nSPS) is 18.5. The third kappa shape index (κ3) is 11.4. The monoisotopic (exact) mass is 294 g/mol. The molecule has 1 saturated heterocycles. The molecule has 1 aliphatic rings. The maximum absolute atomic E-state index is 9.19. The van der Waals surface area contributed by atoms with Crippen molar-refractivity contribution in [2.24, 2.45) is 0 Å². The maximum Gasteiger partial charge on any atom is 0.261 e. The zero-order chi connectivity index (χ0) is 14.8. The Bertz CT molecular complexity index is 295. The van der Waals surface area contributed by atoms with Crippen molar-refractivity contribution >= 4 is 10.1 Å².